The zero-order valence-corrected chi connectivity index (χ0v) is 17.4. The number of hydrogen-bond donors (Lipinski definition) is 3. The molecule has 156 valence electrons. The van der Waals surface area contributed by atoms with Gasteiger partial charge in [-0.05, 0) is 41.7 Å². The van der Waals surface area contributed by atoms with Crippen molar-refractivity contribution in [3.63, 3.8) is 0 Å². The molecule has 1 aromatic carbocycles. The molecule has 3 heterocycles. The van der Waals surface area contributed by atoms with Crippen molar-refractivity contribution in [3.05, 3.63) is 70.3 Å². The van der Waals surface area contributed by atoms with Crippen molar-refractivity contribution in [1.82, 2.24) is 19.9 Å². The second-order valence-corrected chi connectivity index (χ2v) is 7.79. The first-order chi connectivity index (χ1) is 15.1. The van der Waals surface area contributed by atoms with Crippen LogP contribution in [-0.2, 0) is 4.74 Å². The lowest BCUT2D eigenvalue weighted by Crippen LogP contribution is -2.40. The van der Waals surface area contributed by atoms with Gasteiger partial charge in [0.2, 0.25) is 0 Å². The standard InChI is InChI=1S/C22H20N6O2S/c23-19(15-1-3-16(4-2-15)21(29)28-9-11-30-12-10-28)7-8-20-25-13-17(27-20)5-6-18-14-26-22(24)31-18/h1-4,7-8,13-14,23H,9-12H2,(H2,24,26)(H,25,27)/b8-7-,23-19?. The largest absolute Gasteiger partial charge is 0.378 e. The van der Waals surface area contributed by atoms with Crippen LogP contribution in [0.2, 0.25) is 0 Å². The molecule has 1 amide bonds. The summed E-state index contributed by atoms with van der Waals surface area (Å²) < 4.78 is 5.28. The number of rotatable bonds is 4. The number of carbonyl (C=O) groups is 1. The topological polar surface area (TPSA) is 121 Å². The molecule has 31 heavy (non-hydrogen) atoms. The Kier molecular flexibility index (Phi) is 6.21. The van der Waals surface area contributed by atoms with Gasteiger partial charge >= 0.3 is 0 Å². The van der Waals surface area contributed by atoms with Crippen LogP contribution in [-0.4, -0.2) is 57.8 Å². The molecule has 2 aromatic heterocycles. The molecular weight excluding hydrogens is 412 g/mol. The zero-order valence-electron chi connectivity index (χ0n) is 16.6. The summed E-state index contributed by atoms with van der Waals surface area (Å²) in [6.07, 6.45) is 6.63. The number of nitrogens with zero attached hydrogens (tertiary/aromatic N) is 3. The molecule has 3 aromatic rings. The number of nitrogens with two attached hydrogens (primary N) is 1. The number of nitrogens with one attached hydrogen (secondary N) is 2. The van der Waals surface area contributed by atoms with Crippen molar-refractivity contribution in [2.75, 3.05) is 32.0 Å². The van der Waals surface area contributed by atoms with Crippen LogP contribution >= 0.6 is 11.3 Å². The number of hydrogen-bond acceptors (Lipinski definition) is 7. The summed E-state index contributed by atoms with van der Waals surface area (Å²) in [5.41, 5.74) is 7.89. The van der Waals surface area contributed by atoms with Crippen LogP contribution < -0.4 is 5.73 Å². The number of amides is 1. The fourth-order valence-corrected chi connectivity index (χ4v) is 3.50. The van der Waals surface area contributed by atoms with E-state index in [1.54, 1.807) is 53.7 Å². The summed E-state index contributed by atoms with van der Waals surface area (Å²) in [6.45, 7) is 2.35. The summed E-state index contributed by atoms with van der Waals surface area (Å²) >= 11 is 1.32. The molecule has 0 spiro atoms. The molecule has 1 aliphatic heterocycles. The molecule has 1 aliphatic rings. The van der Waals surface area contributed by atoms with Crippen LogP contribution in [0.3, 0.4) is 0 Å². The minimum absolute atomic E-state index is 0.0119. The lowest BCUT2D eigenvalue weighted by atomic mass is 10.1. The molecule has 8 nitrogen and oxygen atoms in total. The first-order valence-corrected chi connectivity index (χ1v) is 10.4. The lowest BCUT2D eigenvalue weighted by molar-refractivity contribution is 0.0303. The zero-order chi connectivity index (χ0) is 21.6. The number of nitrogen functional groups attached to an aromatic ring is 1. The van der Waals surface area contributed by atoms with Crippen molar-refractivity contribution in [1.29, 1.82) is 5.41 Å². The minimum Gasteiger partial charge on any atom is -0.378 e. The molecular formula is C22H20N6O2S. The van der Waals surface area contributed by atoms with Gasteiger partial charge in [0.05, 0.1) is 36.2 Å². The number of anilines is 1. The Labute approximate surface area is 183 Å². The van der Waals surface area contributed by atoms with E-state index < -0.39 is 0 Å². The van der Waals surface area contributed by atoms with E-state index in [0.29, 0.717) is 59.8 Å². The lowest BCUT2D eigenvalue weighted by Gasteiger charge is -2.26. The second-order valence-electron chi connectivity index (χ2n) is 6.72. The van der Waals surface area contributed by atoms with Crippen molar-refractivity contribution in [2.45, 2.75) is 0 Å². The number of ether oxygens (including phenoxy) is 1. The van der Waals surface area contributed by atoms with Crippen molar-refractivity contribution >= 4 is 34.2 Å². The number of imidazole rings is 1. The molecule has 0 atom stereocenters. The SMILES string of the molecule is N=C(/C=C\c1ncc(C#Cc2cnc(N)s2)[nH]1)c1ccc(C(=O)N2CCOCC2)cc1. The molecule has 0 saturated carbocycles. The third-order valence-electron chi connectivity index (χ3n) is 4.59. The first kappa shape index (κ1) is 20.5. The number of aromatic nitrogens is 3. The van der Waals surface area contributed by atoms with Crippen molar-refractivity contribution in [2.24, 2.45) is 0 Å². The Morgan fingerprint density at radius 2 is 1.90 bits per heavy atom. The Morgan fingerprint density at radius 1 is 1.16 bits per heavy atom. The van der Waals surface area contributed by atoms with E-state index in [4.69, 9.17) is 15.9 Å². The summed E-state index contributed by atoms with van der Waals surface area (Å²) in [7, 11) is 0. The van der Waals surface area contributed by atoms with Gasteiger partial charge in [-0.15, -0.1) is 0 Å². The van der Waals surface area contributed by atoms with E-state index in [9.17, 15) is 4.79 Å². The highest BCUT2D eigenvalue weighted by molar-refractivity contribution is 7.15. The Bertz CT molecular complexity index is 1180. The van der Waals surface area contributed by atoms with Crippen LogP contribution in [0, 0.1) is 17.3 Å². The number of morpholine rings is 1. The monoisotopic (exact) mass is 432 g/mol. The normalized spacial score (nSPS) is 13.7. The summed E-state index contributed by atoms with van der Waals surface area (Å²) in [4.78, 5) is 26.4. The van der Waals surface area contributed by atoms with Gasteiger partial charge < -0.3 is 25.8 Å². The van der Waals surface area contributed by atoms with Crippen LogP contribution in [0.4, 0.5) is 5.13 Å². The number of aromatic amines is 1. The molecule has 4 N–H and O–H groups in total. The van der Waals surface area contributed by atoms with Crippen molar-refractivity contribution < 1.29 is 9.53 Å². The van der Waals surface area contributed by atoms with Gasteiger partial charge in [-0.2, -0.15) is 0 Å². The maximum atomic E-state index is 12.5. The van der Waals surface area contributed by atoms with Gasteiger partial charge in [0.1, 0.15) is 11.5 Å². The highest BCUT2D eigenvalue weighted by Gasteiger charge is 2.18. The van der Waals surface area contributed by atoms with E-state index in [-0.39, 0.29) is 5.91 Å². The minimum atomic E-state index is -0.0119. The number of thiazole rings is 1. The number of carbonyl (C=O) groups excluding carboxylic acids is 1. The maximum Gasteiger partial charge on any atom is 0.254 e. The summed E-state index contributed by atoms with van der Waals surface area (Å²) in [6, 6.07) is 7.06. The fraction of sp³-hybridized carbons (Fsp3) is 0.182. The van der Waals surface area contributed by atoms with Gasteiger partial charge in [-0.25, -0.2) is 9.97 Å². The first-order valence-electron chi connectivity index (χ1n) is 9.61. The third-order valence-corrected chi connectivity index (χ3v) is 5.33. The Morgan fingerprint density at radius 3 is 2.61 bits per heavy atom. The average Bonchev–Trinajstić information content (AvgIpc) is 3.44. The van der Waals surface area contributed by atoms with Crippen LogP contribution in [0.5, 0.6) is 0 Å². The van der Waals surface area contributed by atoms with Gasteiger partial charge in [0, 0.05) is 18.7 Å². The van der Waals surface area contributed by atoms with Crippen LogP contribution in [0.25, 0.3) is 6.08 Å². The number of benzene rings is 1. The molecule has 0 radical (unpaired) electrons. The number of allylic oxidation sites excluding steroid dienone is 1. The highest BCUT2D eigenvalue weighted by atomic mass is 32.1. The van der Waals surface area contributed by atoms with Crippen molar-refractivity contribution in [3.8, 4) is 11.8 Å². The molecule has 9 heteroatoms. The summed E-state index contributed by atoms with van der Waals surface area (Å²) in [5, 5.41) is 8.75. The molecule has 1 fully saturated rings. The molecule has 4 rings (SSSR count). The van der Waals surface area contributed by atoms with Gasteiger partial charge in [-0.1, -0.05) is 23.5 Å². The van der Waals surface area contributed by atoms with Gasteiger partial charge in [0.25, 0.3) is 5.91 Å². The Hall–Kier alpha value is -3.74. The predicted octanol–water partition coefficient (Wildman–Crippen LogP) is 2.40. The summed E-state index contributed by atoms with van der Waals surface area (Å²) in [5.74, 6) is 6.53. The van der Waals surface area contributed by atoms with E-state index >= 15 is 0 Å². The maximum absolute atomic E-state index is 12.5. The van der Waals surface area contributed by atoms with Gasteiger partial charge in [0.15, 0.2) is 5.13 Å². The van der Waals surface area contributed by atoms with E-state index in [2.05, 4.69) is 26.8 Å². The quantitative estimate of drug-likeness (QED) is 0.432. The van der Waals surface area contributed by atoms with Crippen LogP contribution in [0.15, 0.2) is 42.7 Å². The van der Waals surface area contributed by atoms with Gasteiger partial charge in [-0.3, -0.25) is 4.79 Å². The predicted molar refractivity (Wildman–Crippen MR) is 120 cm³/mol. The van der Waals surface area contributed by atoms with E-state index in [1.165, 1.54) is 11.3 Å². The average molecular weight is 433 g/mol. The smallest absolute Gasteiger partial charge is 0.254 e. The highest BCUT2D eigenvalue weighted by Crippen LogP contribution is 2.13. The fourth-order valence-electron chi connectivity index (χ4n) is 2.96. The van der Waals surface area contributed by atoms with Crippen LogP contribution in [0.1, 0.15) is 32.3 Å². The third kappa shape index (κ3) is 5.25. The number of H-pyrrole nitrogens is 1. The second kappa shape index (κ2) is 9.38. The molecule has 0 aliphatic carbocycles. The van der Waals surface area contributed by atoms with E-state index in [0.717, 1.165) is 4.88 Å². The molecule has 0 unspecified atom stereocenters. The Balaban J connectivity index is 1.37. The molecule has 1 saturated heterocycles. The molecule has 0 bridgehead atoms. The van der Waals surface area contributed by atoms with E-state index in [1.807, 2.05) is 0 Å².